The molecule has 4 nitrogen and oxygen atoms in total. The van der Waals surface area contributed by atoms with Crippen molar-refractivity contribution in [2.75, 3.05) is 0 Å². The highest BCUT2D eigenvalue weighted by molar-refractivity contribution is 7.13. The van der Waals surface area contributed by atoms with Crippen molar-refractivity contribution in [2.24, 2.45) is 7.05 Å². The van der Waals surface area contributed by atoms with Gasteiger partial charge in [-0.25, -0.2) is 4.98 Å². The van der Waals surface area contributed by atoms with E-state index in [9.17, 15) is 0 Å². The highest BCUT2D eigenvalue weighted by atomic mass is 32.1. The van der Waals surface area contributed by atoms with E-state index in [0.29, 0.717) is 0 Å². The maximum atomic E-state index is 4.16. The van der Waals surface area contributed by atoms with Gasteiger partial charge in [-0.3, -0.25) is 0 Å². The number of aromatic nitrogens is 4. The summed E-state index contributed by atoms with van der Waals surface area (Å²) in [5.41, 5.74) is 0. The summed E-state index contributed by atoms with van der Waals surface area (Å²) in [6.07, 6.45) is 1.77. The van der Waals surface area contributed by atoms with Gasteiger partial charge in [-0.1, -0.05) is 0 Å². The Bertz CT molecular complexity index is 376. The van der Waals surface area contributed by atoms with Gasteiger partial charge < -0.3 is 4.57 Å². The highest BCUT2D eigenvalue weighted by Gasteiger charge is 2.08. The summed E-state index contributed by atoms with van der Waals surface area (Å²) in [7, 11) is 1.94. The summed E-state index contributed by atoms with van der Waals surface area (Å²) >= 11 is 1.57. The minimum Gasteiger partial charge on any atom is -0.312 e. The summed E-state index contributed by atoms with van der Waals surface area (Å²) in [6.45, 7) is 1.92. The first-order valence-electron chi connectivity index (χ1n) is 3.55. The molecule has 0 amide bonds. The monoisotopic (exact) mass is 180 g/mol. The molecule has 0 saturated carbocycles. The van der Waals surface area contributed by atoms with Gasteiger partial charge in [0.1, 0.15) is 5.82 Å². The zero-order chi connectivity index (χ0) is 8.55. The van der Waals surface area contributed by atoms with Crippen LogP contribution >= 0.6 is 11.3 Å². The number of nitrogens with zero attached hydrogens (tertiary/aromatic N) is 4. The molecule has 0 unspecified atom stereocenters. The standard InChI is InChI=1S/C7H8N4S/c1-5-9-10-6(11(5)2)7-8-3-4-12-7/h3-4H,1-2H3. The van der Waals surface area contributed by atoms with Crippen LogP contribution in [0.15, 0.2) is 11.6 Å². The van der Waals surface area contributed by atoms with Crippen LogP contribution in [0, 0.1) is 6.92 Å². The molecule has 62 valence electrons. The molecule has 2 rings (SSSR count). The summed E-state index contributed by atoms with van der Waals surface area (Å²) in [4.78, 5) is 4.16. The van der Waals surface area contributed by atoms with Crippen molar-refractivity contribution in [3.8, 4) is 10.8 Å². The van der Waals surface area contributed by atoms with Crippen molar-refractivity contribution in [3.05, 3.63) is 17.4 Å². The summed E-state index contributed by atoms with van der Waals surface area (Å²) < 4.78 is 1.93. The fraction of sp³-hybridized carbons (Fsp3) is 0.286. The normalized spacial score (nSPS) is 10.5. The molecule has 0 fully saturated rings. The van der Waals surface area contributed by atoms with Gasteiger partial charge in [0.05, 0.1) is 0 Å². The molecule has 0 spiro atoms. The average molecular weight is 180 g/mol. The largest absolute Gasteiger partial charge is 0.312 e. The molecule has 0 aliphatic rings. The summed E-state index contributed by atoms with van der Waals surface area (Å²) in [5, 5.41) is 10.8. The Morgan fingerprint density at radius 2 is 2.25 bits per heavy atom. The lowest BCUT2D eigenvalue weighted by atomic mass is 10.6. The Kier molecular flexibility index (Phi) is 1.65. The van der Waals surface area contributed by atoms with E-state index in [2.05, 4.69) is 15.2 Å². The van der Waals surface area contributed by atoms with Crippen LogP contribution in [0.5, 0.6) is 0 Å². The smallest absolute Gasteiger partial charge is 0.192 e. The second-order valence-corrected chi connectivity index (χ2v) is 3.36. The Morgan fingerprint density at radius 1 is 1.42 bits per heavy atom. The summed E-state index contributed by atoms with van der Waals surface area (Å²) in [5.74, 6) is 1.74. The number of hydrogen-bond acceptors (Lipinski definition) is 4. The molecular formula is C7H8N4S. The third-order valence-electron chi connectivity index (χ3n) is 1.72. The van der Waals surface area contributed by atoms with Gasteiger partial charge in [-0.15, -0.1) is 21.5 Å². The van der Waals surface area contributed by atoms with E-state index in [4.69, 9.17) is 0 Å². The van der Waals surface area contributed by atoms with Gasteiger partial charge in [-0.05, 0) is 6.92 Å². The molecule has 2 aromatic rings. The van der Waals surface area contributed by atoms with Crippen molar-refractivity contribution in [3.63, 3.8) is 0 Å². The average Bonchev–Trinajstić information content (AvgIpc) is 2.64. The maximum absolute atomic E-state index is 4.16. The second-order valence-electron chi connectivity index (χ2n) is 2.47. The fourth-order valence-electron chi connectivity index (χ4n) is 0.927. The van der Waals surface area contributed by atoms with E-state index >= 15 is 0 Å². The predicted octanol–water partition coefficient (Wildman–Crippen LogP) is 1.25. The van der Waals surface area contributed by atoms with Crippen molar-refractivity contribution in [1.29, 1.82) is 0 Å². The van der Waals surface area contributed by atoms with Gasteiger partial charge in [0.15, 0.2) is 10.8 Å². The van der Waals surface area contributed by atoms with Crippen LogP contribution in [0.3, 0.4) is 0 Å². The molecule has 5 heteroatoms. The van der Waals surface area contributed by atoms with Crippen LogP contribution in [-0.4, -0.2) is 19.7 Å². The third kappa shape index (κ3) is 1.02. The van der Waals surface area contributed by atoms with Crippen LogP contribution < -0.4 is 0 Å². The minimum atomic E-state index is 0.836. The molecule has 0 saturated heterocycles. The van der Waals surface area contributed by atoms with Crippen LogP contribution in [0.25, 0.3) is 10.8 Å². The van der Waals surface area contributed by atoms with E-state index in [-0.39, 0.29) is 0 Å². The SMILES string of the molecule is Cc1nnc(-c2nccs2)n1C. The predicted molar refractivity (Wildman–Crippen MR) is 46.8 cm³/mol. The highest BCUT2D eigenvalue weighted by Crippen LogP contribution is 2.18. The van der Waals surface area contributed by atoms with Crippen molar-refractivity contribution in [1.82, 2.24) is 19.7 Å². The molecule has 2 aromatic heterocycles. The molecule has 0 N–H and O–H groups in total. The Morgan fingerprint density at radius 3 is 2.75 bits per heavy atom. The molecule has 0 aliphatic carbocycles. The molecule has 0 aromatic carbocycles. The van der Waals surface area contributed by atoms with E-state index < -0.39 is 0 Å². The van der Waals surface area contributed by atoms with Crippen LogP contribution in [0.2, 0.25) is 0 Å². The van der Waals surface area contributed by atoms with Crippen molar-refractivity contribution < 1.29 is 0 Å². The van der Waals surface area contributed by atoms with E-state index in [1.54, 1.807) is 17.5 Å². The van der Waals surface area contributed by atoms with Gasteiger partial charge in [-0.2, -0.15) is 0 Å². The first-order valence-corrected chi connectivity index (χ1v) is 4.43. The number of aryl methyl sites for hydroxylation is 1. The Hall–Kier alpha value is -1.23. The fourth-order valence-corrected chi connectivity index (χ4v) is 1.58. The zero-order valence-corrected chi connectivity index (χ0v) is 7.67. The number of rotatable bonds is 1. The van der Waals surface area contributed by atoms with Gasteiger partial charge in [0.25, 0.3) is 0 Å². The topological polar surface area (TPSA) is 43.6 Å². The van der Waals surface area contributed by atoms with Gasteiger partial charge in [0.2, 0.25) is 0 Å². The molecule has 12 heavy (non-hydrogen) atoms. The summed E-state index contributed by atoms with van der Waals surface area (Å²) in [6, 6.07) is 0. The van der Waals surface area contributed by atoms with E-state index in [0.717, 1.165) is 16.7 Å². The Labute approximate surface area is 73.9 Å². The number of thiazole rings is 1. The molecule has 2 heterocycles. The molecule has 0 aliphatic heterocycles. The van der Waals surface area contributed by atoms with Gasteiger partial charge >= 0.3 is 0 Å². The van der Waals surface area contributed by atoms with Crippen LogP contribution in [0.4, 0.5) is 0 Å². The lowest BCUT2D eigenvalue weighted by Crippen LogP contribution is -1.93. The first kappa shape index (κ1) is 7.42. The van der Waals surface area contributed by atoms with E-state index in [1.807, 2.05) is 23.9 Å². The molecular weight excluding hydrogens is 172 g/mol. The second kappa shape index (κ2) is 2.67. The third-order valence-corrected chi connectivity index (χ3v) is 2.49. The molecule has 0 radical (unpaired) electrons. The van der Waals surface area contributed by atoms with Crippen molar-refractivity contribution in [2.45, 2.75) is 6.92 Å². The zero-order valence-electron chi connectivity index (χ0n) is 6.85. The number of hydrogen-bond donors (Lipinski definition) is 0. The minimum absolute atomic E-state index is 0.836. The van der Waals surface area contributed by atoms with Gasteiger partial charge in [0, 0.05) is 18.6 Å². The van der Waals surface area contributed by atoms with Crippen LogP contribution in [-0.2, 0) is 7.05 Å². The lowest BCUT2D eigenvalue weighted by molar-refractivity contribution is 0.864. The molecule has 0 atom stereocenters. The van der Waals surface area contributed by atoms with Crippen molar-refractivity contribution >= 4 is 11.3 Å². The lowest BCUT2D eigenvalue weighted by Gasteiger charge is -1.95. The van der Waals surface area contributed by atoms with E-state index in [1.165, 1.54) is 0 Å². The first-order chi connectivity index (χ1) is 5.79. The maximum Gasteiger partial charge on any atom is 0.192 e. The Balaban J connectivity index is 2.55. The van der Waals surface area contributed by atoms with Crippen LogP contribution in [0.1, 0.15) is 5.82 Å². The molecule has 0 bridgehead atoms. The quantitative estimate of drug-likeness (QED) is 0.663.